The molecule has 3 aromatic rings. The van der Waals surface area contributed by atoms with Gasteiger partial charge in [0.25, 0.3) is 5.69 Å². The van der Waals surface area contributed by atoms with Crippen LogP contribution < -0.4 is 5.32 Å². The van der Waals surface area contributed by atoms with Crippen molar-refractivity contribution >= 4 is 22.8 Å². The minimum absolute atomic E-state index is 0.0455. The van der Waals surface area contributed by atoms with Crippen molar-refractivity contribution in [2.24, 2.45) is 0 Å². The Morgan fingerprint density at radius 2 is 1.84 bits per heavy atom. The van der Waals surface area contributed by atoms with E-state index >= 15 is 0 Å². The van der Waals surface area contributed by atoms with Crippen molar-refractivity contribution in [3.63, 3.8) is 0 Å². The molecule has 1 aromatic carbocycles. The van der Waals surface area contributed by atoms with Gasteiger partial charge in [-0.15, -0.1) is 11.3 Å². The molecular weight excluding hydrogens is 338 g/mol. The monoisotopic (exact) mass is 355 g/mol. The van der Waals surface area contributed by atoms with Crippen molar-refractivity contribution in [1.82, 2.24) is 15.0 Å². The van der Waals surface area contributed by atoms with Crippen LogP contribution in [0.25, 0.3) is 11.4 Å². The second-order valence-corrected chi connectivity index (χ2v) is 7.02. The quantitative estimate of drug-likeness (QED) is 0.548. The SMILES string of the molecule is Cc1cc(NCc2nc(C)sc2C)nc(-c2ccc([N+](=O)[O-])cc2)n1. The van der Waals surface area contributed by atoms with Crippen LogP contribution in [0.1, 0.15) is 21.3 Å². The first-order valence-corrected chi connectivity index (χ1v) is 8.51. The Morgan fingerprint density at radius 3 is 2.44 bits per heavy atom. The number of nitrogens with zero attached hydrogens (tertiary/aromatic N) is 4. The minimum Gasteiger partial charge on any atom is -0.364 e. The number of thiazole rings is 1. The van der Waals surface area contributed by atoms with Gasteiger partial charge in [0.05, 0.1) is 22.2 Å². The van der Waals surface area contributed by atoms with Crippen LogP contribution in [0.15, 0.2) is 30.3 Å². The molecule has 0 aliphatic rings. The van der Waals surface area contributed by atoms with Crippen molar-refractivity contribution < 1.29 is 4.92 Å². The van der Waals surface area contributed by atoms with E-state index in [1.807, 2.05) is 19.9 Å². The largest absolute Gasteiger partial charge is 0.364 e. The summed E-state index contributed by atoms with van der Waals surface area (Å²) >= 11 is 1.67. The van der Waals surface area contributed by atoms with E-state index in [9.17, 15) is 10.1 Å². The molecule has 0 fully saturated rings. The summed E-state index contributed by atoms with van der Waals surface area (Å²) < 4.78 is 0. The zero-order valence-electron chi connectivity index (χ0n) is 14.1. The maximum absolute atomic E-state index is 10.8. The van der Waals surface area contributed by atoms with Gasteiger partial charge in [0.1, 0.15) is 5.82 Å². The summed E-state index contributed by atoms with van der Waals surface area (Å²) in [6, 6.07) is 8.09. The molecule has 25 heavy (non-hydrogen) atoms. The minimum atomic E-state index is -0.425. The van der Waals surface area contributed by atoms with E-state index < -0.39 is 4.92 Å². The zero-order valence-corrected chi connectivity index (χ0v) is 14.9. The fourth-order valence-corrected chi connectivity index (χ4v) is 3.27. The van der Waals surface area contributed by atoms with Crippen molar-refractivity contribution in [1.29, 1.82) is 0 Å². The number of anilines is 1. The number of nitrogens with one attached hydrogen (secondary N) is 1. The molecule has 128 valence electrons. The lowest BCUT2D eigenvalue weighted by atomic mass is 10.2. The van der Waals surface area contributed by atoms with E-state index in [-0.39, 0.29) is 5.69 Å². The number of nitro benzene ring substituents is 1. The van der Waals surface area contributed by atoms with Gasteiger partial charge in [-0.2, -0.15) is 0 Å². The second kappa shape index (κ2) is 6.94. The van der Waals surface area contributed by atoms with Gasteiger partial charge in [0.2, 0.25) is 0 Å². The molecule has 0 unspecified atom stereocenters. The number of rotatable bonds is 5. The Labute approximate surface area is 149 Å². The summed E-state index contributed by atoms with van der Waals surface area (Å²) in [6.07, 6.45) is 0. The fourth-order valence-electron chi connectivity index (χ4n) is 2.43. The highest BCUT2D eigenvalue weighted by molar-refractivity contribution is 7.11. The van der Waals surface area contributed by atoms with Gasteiger partial charge < -0.3 is 5.32 Å². The average Bonchev–Trinajstić information content (AvgIpc) is 2.90. The van der Waals surface area contributed by atoms with Crippen molar-refractivity contribution in [3.05, 3.63) is 61.7 Å². The lowest BCUT2D eigenvalue weighted by Crippen LogP contribution is -2.05. The highest BCUT2D eigenvalue weighted by Crippen LogP contribution is 2.22. The van der Waals surface area contributed by atoms with Crippen molar-refractivity contribution in [2.75, 3.05) is 5.32 Å². The van der Waals surface area contributed by atoms with E-state index in [0.29, 0.717) is 18.2 Å². The number of non-ortho nitro benzene ring substituents is 1. The topological polar surface area (TPSA) is 93.8 Å². The third-order valence-corrected chi connectivity index (χ3v) is 4.56. The molecule has 7 nitrogen and oxygen atoms in total. The van der Waals surface area contributed by atoms with Gasteiger partial charge in [-0.25, -0.2) is 15.0 Å². The lowest BCUT2D eigenvalue weighted by Gasteiger charge is -2.08. The number of aromatic nitrogens is 3. The van der Waals surface area contributed by atoms with Crippen LogP contribution in [0.5, 0.6) is 0 Å². The molecule has 1 N–H and O–H groups in total. The molecule has 2 aromatic heterocycles. The van der Waals surface area contributed by atoms with E-state index in [2.05, 4.69) is 27.2 Å². The summed E-state index contributed by atoms with van der Waals surface area (Å²) in [6.45, 7) is 6.52. The summed E-state index contributed by atoms with van der Waals surface area (Å²) in [7, 11) is 0. The molecule has 2 heterocycles. The molecule has 0 saturated heterocycles. The van der Waals surface area contributed by atoms with Crippen LogP contribution in [0.3, 0.4) is 0 Å². The van der Waals surface area contributed by atoms with E-state index in [4.69, 9.17) is 0 Å². The van der Waals surface area contributed by atoms with Crippen LogP contribution in [0, 0.1) is 30.9 Å². The normalized spacial score (nSPS) is 10.7. The molecule has 0 aliphatic carbocycles. The molecule has 0 aliphatic heterocycles. The van der Waals surface area contributed by atoms with E-state index in [1.165, 1.54) is 17.0 Å². The van der Waals surface area contributed by atoms with Crippen LogP contribution in [0.2, 0.25) is 0 Å². The molecule has 3 rings (SSSR count). The highest BCUT2D eigenvalue weighted by Gasteiger charge is 2.10. The third-order valence-electron chi connectivity index (χ3n) is 3.63. The molecule has 0 atom stereocenters. The first-order chi connectivity index (χ1) is 11.9. The lowest BCUT2D eigenvalue weighted by molar-refractivity contribution is -0.384. The first kappa shape index (κ1) is 17.0. The standard InChI is InChI=1S/C17H17N5O2S/c1-10-8-16(18-9-15-11(2)25-12(3)20-15)21-17(19-10)13-4-6-14(7-5-13)22(23)24/h4-8H,9H2,1-3H3,(H,18,19,21). The number of nitro groups is 1. The van der Waals surface area contributed by atoms with Crippen LogP contribution >= 0.6 is 11.3 Å². The number of hydrogen-bond acceptors (Lipinski definition) is 7. The van der Waals surface area contributed by atoms with Gasteiger partial charge in [-0.05, 0) is 32.9 Å². The maximum atomic E-state index is 10.8. The van der Waals surface area contributed by atoms with Gasteiger partial charge in [-0.3, -0.25) is 10.1 Å². The molecular formula is C17H17N5O2S. The van der Waals surface area contributed by atoms with E-state index in [1.54, 1.807) is 23.5 Å². The first-order valence-electron chi connectivity index (χ1n) is 7.69. The summed E-state index contributed by atoms with van der Waals surface area (Å²) in [5.74, 6) is 1.23. The fraction of sp³-hybridized carbons (Fsp3) is 0.235. The number of aryl methyl sites for hydroxylation is 3. The Hall–Kier alpha value is -2.87. The predicted octanol–water partition coefficient (Wildman–Crippen LogP) is 4.05. The van der Waals surface area contributed by atoms with Gasteiger partial charge in [0.15, 0.2) is 5.82 Å². The molecule has 0 saturated carbocycles. The Morgan fingerprint density at radius 1 is 1.12 bits per heavy atom. The second-order valence-electron chi connectivity index (χ2n) is 5.61. The highest BCUT2D eigenvalue weighted by atomic mass is 32.1. The third kappa shape index (κ3) is 3.97. The summed E-state index contributed by atoms with van der Waals surface area (Å²) in [5.41, 5.74) is 2.61. The predicted molar refractivity (Wildman–Crippen MR) is 97.8 cm³/mol. The molecule has 0 amide bonds. The Balaban J connectivity index is 1.82. The van der Waals surface area contributed by atoms with Gasteiger partial charge >= 0.3 is 0 Å². The molecule has 0 bridgehead atoms. The molecule has 0 radical (unpaired) electrons. The summed E-state index contributed by atoms with van der Waals surface area (Å²) in [4.78, 5) is 25.0. The Kier molecular flexibility index (Phi) is 4.71. The summed E-state index contributed by atoms with van der Waals surface area (Å²) in [5, 5.41) is 15.1. The average molecular weight is 355 g/mol. The molecule has 8 heteroatoms. The smallest absolute Gasteiger partial charge is 0.269 e. The van der Waals surface area contributed by atoms with Gasteiger partial charge in [0, 0.05) is 34.3 Å². The zero-order chi connectivity index (χ0) is 18.0. The maximum Gasteiger partial charge on any atom is 0.269 e. The van der Waals surface area contributed by atoms with Crippen molar-refractivity contribution in [2.45, 2.75) is 27.3 Å². The number of benzene rings is 1. The van der Waals surface area contributed by atoms with Gasteiger partial charge in [-0.1, -0.05) is 0 Å². The van der Waals surface area contributed by atoms with Crippen molar-refractivity contribution in [3.8, 4) is 11.4 Å². The van der Waals surface area contributed by atoms with E-state index in [0.717, 1.165) is 22.0 Å². The molecule has 0 spiro atoms. The van der Waals surface area contributed by atoms with Crippen LogP contribution in [-0.2, 0) is 6.54 Å². The Bertz CT molecular complexity index is 921. The van der Waals surface area contributed by atoms with Crippen LogP contribution in [0.4, 0.5) is 11.5 Å². The number of hydrogen-bond donors (Lipinski definition) is 1. The van der Waals surface area contributed by atoms with Crippen LogP contribution in [-0.4, -0.2) is 19.9 Å².